The number of rotatable bonds is 3. The Hall–Kier alpha value is -0.750. The molecule has 0 saturated heterocycles. The van der Waals surface area contributed by atoms with Gasteiger partial charge in [0.05, 0.1) is 11.7 Å². The highest BCUT2D eigenvalue weighted by atomic mass is 79.9. The van der Waals surface area contributed by atoms with E-state index < -0.39 is 0 Å². The Labute approximate surface area is 107 Å². The number of halogens is 1. The molecule has 0 amide bonds. The molecule has 2 heterocycles. The van der Waals surface area contributed by atoms with Crippen LogP contribution in [0.3, 0.4) is 0 Å². The Balaban J connectivity index is 2.32. The maximum absolute atomic E-state index is 5.59. The Morgan fingerprint density at radius 1 is 1.38 bits per heavy atom. The molecular weight excluding hydrogens is 286 g/mol. The second-order valence-electron chi connectivity index (χ2n) is 3.45. The Bertz CT molecular complexity index is 466. The molecule has 0 saturated carbocycles. The highest BCUT2D eigenvalue weighted by Gasteiger charge is 2.15. The summed E-state index contributed by atoms with van der Waals surface area (Å²) >= 11 is 5.09. The van der Waals surface area contributed by atoms with Crippen LogP contribution in [0.1, 0.15) is 21.5 Å². The highest BCUT2D eigenvalue weighted by molar-refractivity contribution is 9.10. The average molecular weight is 298 g/mol. The topological polar surface area (TPSA) is 50.9 Å². The molecule has 0 aliphatic rings. The molecule has 2 rings (SSSR count). The van der Waals surface area contributed by atoms with Crippen molar-refractivity contribution in [2.24, 2.45) is 5.84 Å². The monoisotopic (exact) mass is 297 g/mol. The fourth-order valence-corrected chi connectivity index (χ4v) is 2.66. The molecule has 0 spiro atoms. The first-order chi connectivity index (χ1) is 7.70. The molecule has 3 nitrogen and oxygen atoms in total. The zero-order valence-electron chi connectivity index (χ0n) is 8.77. The van der Waals surface area contributed by atoms with Gasteiger partial charge >= 0.3 is 0 Å². The number of nitrogens with two attached hydrogens (primary N) is 1. The number of aryl methyl sites for hydroxylation is 1. The smallest absolute Gasteiger partial charge is 0.0973 e. The number of thiophene rings is 1. The maximum atomic E-state index is 5.59. The van der Waals surface area contributed by atoms with Gasteiger partial charge in [-0.15, -0.1) is 11.3 Å². The van der Waals surface area contributed by atoms with Crippen molar-refractivity contribution in [2.75, 3.05) is 0 Å². The quantitative estimate of drug-likeness (QED) is 0.677. The van der Waals surface area contributed by atoms with Crippen molar-refractivity contribution in [3.05, 3.63) is 50.4 Å². The number of hydrogen-bond acceptors (Lipinski definition) is 4. The number of hydrazine groups is 1. The van der Waals surface area contributed by atoms with Gasteiger partial charge in [-0.2, -0.15) is 0 Å². The number of pyridine rings is 1. The summed E-state index contributed by atoms with van der Waals surface area (Å²) in [6, 6.07) is 8.06. The third kappa shape index (κ3) is 2.49. The molecule has 16 heavy (non-hydrogen) atoms. The molecule has 0 aromatic carbocycles. The summed E-state index contributed by atoms with van der Waals surface area (Å²) in [4.78, 5) is 6.80. The van der Waals surface area contributed by atoms with E-state index in [4.69, 9.17) is 5.84 Å². The van der Waals surface area contributed by atoms with E-state index in [-0.39, 0.29) is 6.04 Å². The fourth-order valence-electron chi connectivity index (χ4n) is 1.48. The van der Waals surface area contributed by atoms with Crippen LogP contribution < -0.4 is 11.3 Å². The highest BCUT2D eigenvalue weighted by Crippen LogP contribution is 2.26. The number of nitrogens with one attached hydrogen (secondary N) is 1. The molecule has 1 unspecified atom stereocenters. The molecule has 0 fully saturated rings. The van der Waals surface area contributed by atoms with Crippen LogP contribution in [0.5, 0.6) is 0 Å². The van der Waals surface area contributed by atoms with Crippen molar-refractivity contribution < 1.29 is 0 Å². The Morgan fingerprint density at radius 3 is 2.69 bits per heavy atom. The van der Waals surface area contributed by atoms with E-state index in [2.05, 4.69) is 45.4 Å². The summed E-state index contributed by atoms with van der Waals surface area (Å²) < 4.78 is 0.967. The summed E-state index contributed by atoms with van der Waals surface area (Å²) in [6.07, 6.45) is 1.78. The average Bonchev–Trinajstić information content (AvgIpc) is 2.69. The first-order valence-electron chi connectivity index (χ1n) is 4.84. The van der Waals surface area contributed by atoms with Crippen molar-refractivity contribution in [1.82, 2.24) is 10.4 Å². The standard InChI is InChI=1S/C11H12BrN3S/c1-7-2-5-10(16-7)11(15-13)9-4-3-8(12)6-14-9/h2-6,11,15H,13H2,1H3. The first kappa shape index (κ1) is 11.7. The molecule has 84 valence electrons. The molecule has 0 aliphatic carbocycles. The van der Waals surface area contributed by atoms with Gasteiger partial charge in [0.2, 0.25) is 0 Å². The van der Waals surface area contributed by atoms with Gasteiger partial charge in [0.1, 0.15) is 0 Å². The molecule has 2 aromatic heterocycles. The third-order valence-corrected chi connectivity index (χ3v) is 3.79. The summed E-state index contributed by atoms with van der Waals surface area (Å²) in [7, 11) is 0. The van der Waals surface area contributed by atoms with E-state index in [1.807, 2.05) is 12.1 Å². The molecule has 2 aromatic rings. The van der Waals surface area contributed by atoms with Crippen LogP contribution >= 0.6 is 27.3 Å². The zero-order chi connectivity index (χ0) is 11.5. The Morgan fingerprint density at radius 2 is 2.19 bits per heavy atom. The molecule has 0 aliphatic heterocycles. The van der Waals surface area contributed by atoms with Crippen molar-refractivity contribution in [1.29, 1.82) is 0 Å². The van der Waals surface area contributed by atoms with Crippen LogP contribution in [0, 0.1) is 6.92 Å². The van der Waals surface area contributed by atoms with Crippen LogP contribution in [0.25, 0.3) is 0 Å². The molecule has 1 atom stereocenters. The maximum Gasteiger partial charge on any atom is 0.0973 e. The van der Waals surface area contributed by atoms with Gasteiger partial charge in [-0.3, -0.25) is 10.8 Å². The predicted molar refractivity (Wildman–Crippen MR) is 70.2 cm³/mol. The Kier molecular flexibility index (Phi) is 3.70. The van der Waals surface area contributed by atoms with E-state index in [0.29, 0.717) is 0 Å². The lowest BCUT2D eigenvalue weighted by Crippen LogP contribution is -2.28. The van der Waals surface area contributed by atoms with E-state index in [0.717, 1.165) is 10.2 Å². The van der Waals surface area contributed by atoms with E-state index >= 15 is 0 Å². The van der Waals surface area contributed by atoms with Crippen molar-refractivity contribution >= 4 is 27.3 Å². The third-order valence-electron chi connectivity index (χ3n) is 2.26. The molecular formula is C11H12BrN3S. The van der Waals surface area contributed by atoms with Gasteiger partial charge in [-0.1, -0.05) is 0 Å². The predicted octanol–water partition coefficient (Wildman–Crippen LogP) is 2.77. The van der Waals surface area contributed by atoms with Gasteiger partial charge in [0, 0.05) is 20.4 Å². The molecule has 3 N–H and O–H groups in total. The van der Waals surface area contributed by atoms with Crippen LogP contribution in [-0.2, 0) is 0 Å². The minimum atomic E-state index is -0.0354. The summed E-state index contributed by atoms with van der Waals surface area (Å²) in [5, 5.41) is 0. The second kappa shape index (κ2) is 5.05. The first-order valence-corrected chi connectivity index (χ1v) is 6.45. The lowest BCUT2D eigenvalue weighted by molar-refractivity contribution is 0.630. The van der Waals surface area contributed by atoms with Gasteiger partial charge < -0.3 is 0 Å². The lowest BCUT2D eigenvalue weighted by Gasteiger charge is -2.13. The zero-order valence-corrected chi connectivity index (χ0v) is 11.2. The number of aromatic nitrogens is 1. The van der Waals surface area contributed by atoms with Gasteiger partial charge in [0.25, 0.3) is 0 Å². The SMILES string of the molecule is Cc1ccc(C(NN)c2ccc(Br)cn2)s1. The van der Waals surface area contributed by atoms with E-state index in [1.165, 1.54) is 9.75 Å². The minimum absolute atomic E-state index is 0.0354. The van der Waals surface area contributed by atoms with Crippen molar-refractivity contribution in [3.8, 4) is 0 Å². The summed E-state index contributed by atoms with van der Waals surface area (Å²) in [5.74, 6) is 5.59. The second-order valence-corrected chi connectivity index (χ2v) is 5.68. The van der Waals surface area contributed by atoms with Gasteiger partial charge in [-0.25, -0.2) is 5.43 Å². The lowest BCUT2D eigenvalue weighted by atomic mass is 10.1. The van der Waals surface area contributed by atoms with Crippen molar-refractivity contribution in [3.63, 3.8) is 0 Å². The largest absolute Gasteiger partial charge is 0.270 e. The van der Waals surface area contributed by atoms with Gasteiger partial charge in [-0.05, 0) is 47.1 Å². The number of hydrogen-bond donors (Lipinski definition) is 2. The molecule has 0 radical (unpaired) electrons. The fraction of sp³-hybridized carbons (Fsp3) is 0.182. The van der Waals surface area contributed by atoms with E-state index in [1.54, 1.807) is 17.5 Å². The normalized spacial score (nSPS) is 12.7. The van der Waals surface area contributed by atoms with Crippen LogP contribution in [0.15, 0.2) is 34.9 Å². The summed E-state index contributed by atoms with van der Waals surface area (Å²) in [6.45, 7) is 2.08. The van der Waals surface area contributed by atoms with Crippen LogP contribution in [-0.4, -0.2) is 4.98 Å². The van der Waals surface area contributed by atoms with Crippen molar-refractivity contribution in [2.45, 2.75) is 13.0 Å². The summed E-state index contributed by atoms with van der Waals surface area (Å²) in [5.41, 5.74) is 3.72. The molecule has 0 bridgehead atoms. The van der Waals surface area contributed by atoms with Crippen LogP contribution in [0.4, 0.5) is 0 Å². The van der Waals surface area contributed by atoms with Crippen LogP contribution in [0.2, 0.25) is 0 Å². The number of nitrogens with zero attached hydrogens (tertiary/aromatic N) is 1. The van der Waals surface area contributed by atoms with Gasteiger partial charge in [0.15, 0.2) is 0 Å². The molecule has 5 heteroatoms. The van der Waals surface area contributed by atoms with E-state index in [9.17, 15) is 0 Å². The minimum Gasteiger partial charge on any atom is -0.270 e.